The van der Waals surface area contributed by atoms with Gasteiger partial charge in [0, 0.05) is 21.9 Å². The second-order valence-electron chi connectivity index (χ2n) is 6.04. The van der Waals surface area contributed by atoms with Crippen LogP contribution in [0, 0.1) is 0 Å². The molecular weight excluding hydrogens is 396 g/mol. The molecule has 134 valence electrons. The predicted octanol–water partition coefficient (Wildman–Crippen LogP) is 5.15. The molecule has 6 heteroatoms. The number of anilines is 1. The maximum Gasteiger partial charge on any atom is 0.337 e. The lowest BCUT2D eigenvalue weighted by Gasteiger charge is -2.12. The Morgan fingerprint density at radius 2 is 1.92 bits per heavy atom. The maximum atomic E-state index is 12.9. The standard InChI is InChI=1S/C20H19BrN2O3/c1-2-3-10-23-17-7-5-4-6-13(17)11-18(23)19(24)22-16-9-8-14(21)12-15(16)20(25)26/h4-9,11-12H,2-3,10H2,1H3,(H,22,24)(H,25,26). The zero-order chi connectivity index (χ0) is 18.7. The third kappa shape index (κ3) is 3.65. The summed E-state index contributed by atoms with van der Waals surface area (Å²) in [5, 5.41) is 13.1. The van der Waals surface area contributed by atoms with Crippen LogP contribution in [0.4, 0.5) is 5.69 Å². The van der Waals surface area contributed by atoms with Crippen molar-refractivity contribution in [2.24, 2.45) is 0 Å². The Kier molecular flexibility index (Phi) is 5.42. The Bertz CT molecular complexity index is 978. The molecule has 0 saturated heterocycles. The monoisotopic (exact) mass is 414 g/mol. The zero-order valence-electron chi connectivity index (χ0n) is 14.3. The highest BCUT2D eigenvalue weighted by Crippen LogP contribution is 2.24. The molecule has 1 amide bonds. The number of rotatable bonds is 6. The van der Waals surface area contributed by atoms with Gasteiger partial charge < -0.3 is 15.0 Å². The van der Waals surface area contributed by atoms with Crippen molar-refractivity contribution in [2.45, 2.75) is 26.3 Å². The van der Waals surface area contributed by atoms with Crippen LogP contribution in [0.5, 0.6) is 0 Å². The van der Waals surface area contributed by atoms with E-state index in [1.807, 2.05) is 34.9 Å². The van der Waals surface area contributed by atoms with E-state index in [4.69, 9.17) is 0 Å². The molecule has 2 N–H and O–H groups in total. The van der Waals surface area contributed by atoms with E-state index in [9.17, 15) is 14.7 Å². The molecule has 0 atom stereocenters. The fourth-order valence-corrected chi connectivity index (χ4v) is 3.31. The van der Waals surface area contributed by atoms with E-state index >= 15 is 0 Å². The number of nitrogens with one attached hydrogen (secondary N) is 1. The number of nitrogens with zero attached hydrogens (tertiary/aromatic N) is 1. The third-order valence-corrected chi connectivity index (χ3v) is 4.73. The summed E-state index contributed by atoms with van der Waals surface area (Å²) in [7, 11) is 0. The lowest BCUT2D eigenvalue weighted by molar-refractivity contribution is 0.0698. The normalized spacial score (nSPS) is 10.8. The second-order valence-corrected chi connectivity index (χ2v) is 6.96. The molecule has 2 aromatic carbocycles. The largest absolute Gasteiger partial charge is 0.478 e. The molecular formula is C20H19BrN2O3. The number of carbonyl (C=O) groups excluding carboxylic acids is 1. The number of carboxylic acids is 1. The van der Waals surface area contributed by atoms with Crippen LogP contribution in [0.25, 0.3) is 10.9 Å². The molecule has 0 aliphatic carbocycles. The number of carbonyl (C=O) groups is 2. The van der Waals surface area contributed by atoms with E-state index in [0.29, 0.717) is 10.2 Å². The Balaban J connectivity index is 1.99. The maximum absolute atomic E-state index is 12.9. The molecule has 0 aliphatic rings. The molecule has 5 nitrogen and oxygen atoms in total. The number of hydrogen-bond donors (Lipinski definition) is 2. The van der Waals surface area contributed by atoms with Gasteiger partial charge in [0.1, 0.15) is 5.69 Å². The van der Waals surface area contributed by atoms with Gasteiger partial charge >= 0.3 is 5.97 Å². The Morgan fingerprint density at radius 3 is 2.65 bits per heavy atom. The summed E-state index contributed by atoms with van der Waals surface area (Å²) in [6.45, 7) is 2.84. The lowest BCUT2D eigenvalue weighted by atomic mass is 10.1. The zero-order valence-corrected chi connectivity index (χ0v) is 15.9. The number of aromatic carboxylic acids is 1. The first-order valence-electron chi connectivity index (χ1n) is 8.43. The van der Waals surface area contributed by atoms with E-state index < -0.39 is 5.97 Å². The second kappa shape index (κ2) is 7.74. The molecule has 0 saturated carbocycles. The topological polar surface area (TPSA) is 71.3 Å². The van der Waals surface area contributed by atoms with Gasteiger partial charge in [0.15, 0.2) is 0 Å². The number of unbranched alkanes of at least 4 members (excludes halogenated alkanes) is 1. The van der Waals surface area contributed by atoms with Gasteiger partial charge in [0.2, 0.25) is 0 Å². The van der Waals surface area contributed by atoms with Crippen LogP contribution in [0.1, 0.15) is 40.6 Å². The van der Waals surface area contributed by atoms with E-state index in [-0.39, 0.29) is 17.2 Å². The number of para-hydroxylation sites is 1. The Labute approximate surface area is 159 Å². The highest BCUT2D eigenvalue weighted by atomic mass is 79.9. The minimum Gasteiger partial charge on any atom is -0.478 e. The SMILES string of the molecule is CCCCn1c(C(=O)Nc2ccc(Br)cc2C(=O)O)cc2ccccc21. The van der Waals surface area contributed by atoms with Gasteiger partial charge in [-0.3, -0.25) is 4.79 Å². The predicted molar refractivity (Wildman–Crippen MR) is 106 cm³/mol. The van der Waals surface area contributed by atoms with Gasteiger partial charge in [0.25, 0.3) is 5.91 Å². The van der Waals surface area contributed by atoms with Gasteiger partial charge in [-0.2, -0.15) is 0 Å². The summed E-state index contributed by atoms with van der Waals surface area (Å²) in [4.78, 5) is 24.4. The molecule has 1 heterocycles. The van der Waals surface area contributed by atoms with Crippen molar-refractivity contribution in [2.75, 3.05) is 5.32 Å². The van der Waals surface area contributed by atoms with E-state index in [1.54, 1.807) is 12.1 Å². The minimum atomic E-state index is -1.09. The Hall–Kier alpha value is -2.60. The number of aryl methyl sites for hydroxylation is 1. The molecule has 1 aromatic heterocycles. The van der Waals surface area contributed by atoms with Gasteiger partial charge in [-0.05, 0) is 36.8 Å². The highest BCUT2D eigenvalue weighted by Gasteiger charge is 2.18. The number of halogens is 1. The highest BCUT2D eigenvalue weighted by molar-refractivity contribution is 9.10. The van der Waals surface area contributed by atoms with Crippen LogP contribution in [0.2, 0.25) is 0 Å². The molecule has 26 heavy (non-hydrogen) atoms. The molecule has 0 aliphatic heterocycles. The summed E-state index contributed by atoms with van der Waals surface area (Å²) in [5.41, 5.74) is 1.85. The van der Waals surface area contributed by atoms with Crippen molar-refractivity contribution in [3.8, 4) is 0 Å². The summed E-state index contributed by atoms with van der Waals surface area (Å²) in [5.74, 6) is -1.41. The van der Waals surface area contributed by atoms with Crippen LogP contribution < -0.4 is 5.32 Å². The molecule has 3 rings (SSSR count). The number of benzene rings is 2. The number of carboxylic acid groups (broad SMARTS) is 1. The van der Waals surface area contributed by atoms with E-state index in [0.717, 1.165) is 30.3 Å². The van der Waals surface area contributed by atoms with Crippen molar-refractivity contribution < 1.29 is 14.7 Å². The number of fused-ring (bicyclic) bond motifs is 1. The van der Waals surface area contributed by atoms with Crippen LogP contribution in [0.3, 0.4) is 0 Å². The number of amides is 1. The van der Waals surface area contributed by atoms with Crippen LogP contribution >= 0.6 is 15.9 Å². The third-order valence-electron chi connectivity index (χ3n) is 4.24. The average Bonchev–Trinajstić information content (AvgIpc) is 3.00. The first kappa shape index (κ1) is 18.2. The first-order valence-corrected chi connectivity index (χ1v) is 9.23. The van der Waals surface area contributed by atoms with Crippen LogP contribution in [0.15, 0.2) is 53.0 Å². The Morgan fingerprint density at radius 1 is 1.15 bits per heavy atom. The molecule has 0 radical (unpaired) electrons. The quantitative estimate of drug-likeness (QED) is 0.585. The fraction of sp³-hybridized carbons (Fsp3) is 0.200. The van der Waals surface area contributed by atoms with Crippen molar-refractivity contribution in [3.05, 3.63) is 64.3 Å². The molecule has 0 unspecified atom stereocenters. The van der Waals surface area contributed by atoms with Crippen LogP contribution in [-0.2, 0) is 6.54 Å². The minimum absolute atomic E-state index is 0.0453. The van der Waals surface area contributed by atoms with Crippen molar-refractivity contribution in [1.82, 2.24) is 4.57 Å². The molecule has 0 fully saturated rings. The summed E-state index contributed by atoms with van der Waals surface area (Å²) in [6.07, 6.45) is 1.97. The molecule has 3 aromatic rings. The number of aromatic nitrogens is 1. The fourth-order valence-electron chi connectivity index (χ4n) is 2.94. The van der Waals surface area contributed by atoms with Crippen molar-refractivity contribution in [1.29, 1.82) is 0 Å². The molecule has 0 bridgehead atoms. The van der Waals surface area contributed by atoms with Crippen molar-refractivity contribution >= 4 is 44.4 Å². The summed E-state index contributed by atoms with van der Waals surface area (Å²) in [6, 6.07) is 14.5. The summed E-state index contributed by atoms with van der Waals surface area (Å²) < 4.78 is 2.64. The van der Waals surface area contributed by atoms with Crippen molar-refractivity contribution in [3.63, 3.8) is 0 Å². The number of hydrogen-bond acceptors (Lipinski definition) is 2. The average molecular weight is 415 g/mol. The van der Waals surface area contributed by atoms with Gasteiger partial charge in [-0.1, -0.05) is 47.5 Å². The smallest absolute Gasteiger partial charge is 0.337 e. The summed E-state index contributed by atoms with van der Waals surface area (Å²) >= 11 is 3.26. The van der Waals surface area contributed by atoms with E-state index in [1.165, 1.54) is 6.07 Å². The molecule has 0 spiro atoms. The van der Waals surface area contributed by atoms with E-state index in [2.05, 4.69) is 28.2 Å². The van der Waals surface area contributed by atoms with Gasteiger partial charge in [0.05, 0.1) is 11.3 Å². The van der Waals surface area contributed by atoms with Gasteiger partial charge in [-0.25, -0.2) is 4.79 Å². The van der Waals surface area contributed by atoms with Gasteiger partial charge in [-0.15, -0.1) is 0 Å². The lowest BCUT2D eigenvalue weighted by Crippen LogP contribution is -2.19. The first-order chi connectivity index (χ1) is 12.5. The van der Waals surface area contributed by atoms with Crippen LogP contribution in [-0.4, -0.2) is 21.6 Å².